The van der Waals surface area contributed by atoms with Crippen LogP contribution in [0.25, 0.3) is 10.4 Å². The Morgan fingerprint density at radius 3 is 2.64 bits per heavy atom. The SMILES string of the molecule is C=C(CC(O)C(C)C)N=[N+]=[N-]. The highest BCUT2D eigenvalue weighted by Gasteiger charge is 2.09. The molecular formula is C7H13N3O. The Morgan fingerprint density at radius 1 is 1.73 bits per heavy atom. The van der Waals surface area contributed by atoms with Crippen molar-refractivity contribution in [2.75, 3.05) is 0 Å². The summed E-state index contributed by atoms with van der Waals surface area (Å²) in [5.74, 6) is 0.167. The summed E-state index contributed by atoms with van der Waals surface area (Å²) in [7, 11) is 0. The zero-order valence-electron chi connectivity index (χ0n) is 6.86. The van der Waals surface area contributed by atoms with Gasteiger partial charge in [0.15, 0.2) is 0 Å². The molecule has 0 amide bonds. The fourth-order valence-electron chi connectivity index (χ4n) is 0.581. The van der Waals surface area contributed by atoms with Crippen molar-refractivity contribution in [2.45, 2.75) is 26.4 Å². The van der Waals surface area contributed by atoms with Gasteiger partial charge in [0.05, 0.1) is 6.10 Å². The molecule has 0 radical (unpaired) electrons. The van der Waals surface area contributed by atoms with Crippen LogP contribution in [0.1, 0.15) is 20.3 Å². The fraction of sp³-hybridized carbons (Fsp3) is 0.714. The summed E-state index contributed by atoms with van der Waals surface area (Å²) in [6.45, 7) is 7.28. The first-order valence-electron chi connectivity index (χ1n) is 3.49. The molecule has 11 heavy (non-hydrogen) atoms. The first kappa shape index (κ1) is 10.0. The van der Waals surface area contributed by atoms with Crippen LogP contribution in [-0.2, 0) is 0 Å². The van der Waals surface area contributed by atoms with Gasteiger partial charge in [0.2, 0.25) is 0 Å². The molecule has 4 nitrogen and oxygen atoms in total. The van der Waals surface area contributed by atoms with Gasteiger partial charge in [-0.3, -0.25) is 0 Å². The lowest BCUT2D eigenvalue weighted by molar-refractivity contribution is 0.125. The zero-order valence-corrected chi connectivity index (χ0v) is 6.86. The molecule has 0 aromatic carbocycles. The molecule has 0 heterocycles. The molecule has 0 rings (SSSR count). The Balaban J connectivity index is 3.84. The minimum atomic E-state index is -0.465. The van der Waals surface area contributed by atoms with Crippen molar-refractivity contribution in [1.82, 2.24) is 0 Å². The highest BCUT2D eigenvalue weighted by molar-refractivity contribution is 4.94. The van der Waals surface area contributed by atoms with Crippen LogP contribution in [0.3, 0.4) is 0 Å². The standard InChI is InChI=1S/C7H13N3O/c1-5(2)7(11)4-6(3)9-10-8/h5,7,11H,3-4H2,1-2H3. The molecule has 1 unspecified atom stereocenters. The molecular weight excluding hydrogens is 142 g/mol. The fourth-order valence-corrected chi connectivity index (χ4v) is 0.581. The summed E-state index contributed by atoms with van der Waals surface area (Å²) >= 11 is 0. The van der Waals surface area contributed by atoms with Crippen molar-refractivity contribution in [2.24, 2.45) is 11.0 Å². The van der Waals surface area contributed by atoms with Crippen LogP contribution in [0, 0.1) is 5.92 Å². The molecule has 0 saturated heterocycles. The quantitative estimate of drug-likeness (QED) is 0.377. The normalized spacial score (nSPS) is 12.4. The average molecular weight is 155 g/mol. The minimum Gasteiger partial charge on any atom is -0.393 e. The van der Waals surface area contributed by atoms with E-state index in [1.54, 1.807) is 0 Å². The third kappa shape index (κ3) is 4.42. The van der Waals surface area contributed by atoms with Crippen molar-refractivity contribution >= 4 is 0 Å². The highest BCUT2D eigenvalue weighted by atomic mass is 16.3. The van der Waals surface area contributed by atoms with Crippen molar-refractivity contribution in [3.8, 4) is 0 Å². The molecule has 0 bridgehead atoms. The van der Waals surface area contributed by atoms with Crippen LogP contribution >= 0.6 is 0 Å². The molecule has 0 saturated carbocycles. The third-order valence-electron chi connectivity index (χ3n) is 1.40. The van der Waals surface area contributed by atoms with Crippen molar-refractivity contribution in [3.63, 3.8) is 0 Å². The second-order valence-electron chi connectivity index (χ2n) is 2.77. The zero-order chi connectivity index (χ0) is 8.85. The van der Waals surface area contributed by atoms with E-state index in [1.807, 2.05) is 13.8 Å². The van der Waals surface area contributed by atoms with E-state index in [-0.39, 0.29) is 5.92 Å². The second-order valence-corrected chi connectivity index (χ2v) is 2.77. The molecule has 0 aliphatic rings. The largest absolute Gasteiger partial charge is 0.393 e. The first-order chi connectivity index (χ1) is 5.07. The van der Waals surface area contributed by atoms with Crippen LogP contribution in [0.15, 0.2) is 17.4 Å². The third-order valence-corrected chi connectivity index (χ3v) is 1.40. The van der Waals surface area contributed by atoms with E-state index in [1.165, 1.54) is 0 Å². The van der Waals surface area contributed by atoms with Crippen LogP contribution in [0.5, 0.6) is 0 Å². The van der Waals surface area contributed by atoms with E-state index in [2.05, 4.69) is 16.6 Å². The van der Waals surface area contributed by atoms with Crippen LogP contribution in [-0.4, -0.2) is 11.2 Å². The molecule has 0 spiro atoms. The maximum atomic E-state index is 9.28. The van der Waals surface area contributed by atoms with E-state index in [0.717, 1.165) is 0 Å². The minimum absolute atomic E-state index is 0.167. The van der Waals surface area contributed by atoms with Gasteiger partial charge in [-0.25, -0.2) is 0 Å². The van der Waals surface area contributed by atoms with Crippen LogP contribution in [0.2, 0.25) is 0 Å². The monoisotopic (exact) mass is 155 g/mol. The van der Waals surface area contributed by atoms with Crippen molar-refractivity contribution in [3.05, 3.63) is 22.7 Å². The predicted octanol–water partition coefficient (Wildman–Crippen LogP) is 2.22. The van der Waals surface area contributed by atoms with Gasteiger partial charge in [-0.1, -0.05) is 25.5 Å². The number of hydrogen-bond donors (Lipinski definition) is 1. The van der Waals surface area contributed by atoms with Gasteiger partial charge in [-0.15, -0.1) is 0 Å². The number of nitrogens with zero attached hydrogens (tertiary/aromatic N) is 3. The number of azide groups is 1. The Kier molecular flexibility index (Phi) is 4.34. The Hall–Kier alpha value is -0.990. The number of aliphatic hydroxyl groups is 1. The smallest absolute Gasteiger partial charge is 0.0601 e. The van der Waals surface area contributed by atoms with E-state index in [9.17, 15) is 5.11 Å². The summed E-state index contributed by atoms with van der Waals surface area (Å²) < 4.78 is 0. The van der Waals surface area contributed by atoms with Crippen molar-refractivity contribution < 1.29 is 5.11 Å². The summed E-state index contributed by atoms with van der Waals surface area (Å²) in [5, 5.41) is 12.6. The Bertz CT molecular complexity index is 182. The molecule has 1 atom stereocenters. The molecule has 0 aromatic rings. The van der Waals surface area contributed by atoms with E-state index >= 15 is 0 Å². The topological polar surface area (TPSA) is 69.0 Å². The van der Waals surface area contributed by atoms with Gasteiger partial charge >= 0.3 is 0 Å². The maximum absolute atomic E-state index is 9.28. The number of rotatable bonds is 4. The molecule has 62 valence electrons. The first-order valence-corrected chi connectivity index (χ1v) is 3.49. The summed E-state index contributed by atoms with van der Waals surface area (Å²) in [6, 6.07) is 0. The van der Waals surface area contributed by atoms with E-state index in [4.69, 9.17) is 5.53 Å². The Labute approximate surface area is 66.2 Å². The second kappa shape index (κ2) is 4.77. The summed E-state index contributed by atoms with van der Waals surface area (Å²) in [6.07, 6.45) is -0.116. The lowest BCUT2D eigenvalue weighted by Crippen LogP contribution is -2.14. The highest BCUT2D eigenvalue weighted by Crippen LogP contribution is 2.11. The van der Waals surface area contributed by atoms with Crippen LogP contribution in [0.4, 0.5) is 0 Å². The van der Waals surface area contributed by atoms with Gasteiger partial charge in [-0.2, -0.15) is 0 Å². The van der Waals surface area contributed by atoms with Gasteiger partial charge < -0.3 is 5.11 Å². The van der Waals surface area contributed by atoms with Crippen molar-refractivity contribution in [1.29, 1.82) is 0 Å². The van der Waals surface area contributed by atoms with E-state index < -0.39 is 6.10 Å². The van der Waals surface area contributed by atoms with Gasteiger partial charge in [0.1, 0.15) is 0 Å². The van der Waals surface area contributed by atoms with Gasteiger partial charge in [0, 0.05) is 17.0 Å². The summed E-state index contributed by atoms with van der Waals surface area (Å²) in [4.78, 5) is 2.56. The number of hydrogen-bond acceptors (Lipinski definition) is 2. The summed E-state index contributed by atoms with van der Waals surface area (Å²) in [5.41, 5.74) is 8.39. The Morgan fingerprint density at radius 2 is 2.27 bits per heavy atom. The van der Waals surface area contributed by atoms with Gasteiger partial charge in [-0.05, 0) is 11.4 Å². The number of aliphatic hydroxyl groups excluding tert-OH is 1. The molecule has 0 fully saturated rings. The molecule has 4 heteroatoms. The molecule has 0 aliphatic carbocycles. The van der Waals surface area contributed by atoms with Gasteiger partial charge in [0.25, 0.3) is 0 Å². The molecule has 1 N–H and O–H groups in total. The molecule has 0 aliphatic heterocycles. The predicted molar refractivity (Wildman–Crippen MR) is 43.7 cm³/mol. The maximum Gasteiger partial charge on any atom is 0.0601 e. The van der Waals surface area contributed by atoms with E-state index in [0.29, 0.717) is 12.1 Å². The van der Waals surface area contributed by atoms with Crippen LogP contribution < -0.4 is 0 Å². The lowest BCUT2D eigenvalue weighted by atomic mass is 10.0. The molecule has 0 aromatic heterocycles. The average Bonchev–Trinajstić information content (AvgIpc) is 1.87. The lowest BCUT2D eigenvalue weighted by Gasteiger charge is -2.12.